The fourth-order valence-electron chi connectivity index (χ4n) is 2.01. The first-order valence-corrected chi connectivity index (χ1v) is 6.70. The Labute approximate surface area is 128 Å². The van der Waals surface area contributed by atoms with Gasteiger partial charge in [0.15, 0.2) is 5.76 Å². The van der Waals surface area contributed by atoms with Crippen molar-refractivity contribution in [3.8, 4) is 5.75 Å². The number of ether oxygens (including phenoxy) is 2. The first-order chi connectivity index (χ1) is 10.6. The third-order valence-corrected chi connectivity index (χ3v) is 3.07. The standard InChI is InChI=1S/C17H17NO4/c1-4-9-22-13-7-5-12(6-8-13)10-14-16(19)15(11(2)18-14)17(20)21-3/h4-8,10,19H,1,9H2,2-3H3/b14-10+. The van der Waals surface area contributed by atoms with Crippen LogP contribution in [0.1, 0.15) is 12.5 Å². The summed E-state index contributed by atoms with van der Waals surface area (Å²) in [7, 11) is 1.26. The number of aliphatic hydroxyl groups excluding tert-OH is 1. The van der Waals surface area contributed by atoms with Crippen LogP contribution in [0.4, 0.5) is 0 Å². The van der Waals surface area contributed by atoms with Crippen molar-refractivity contribution < 1.29 is 19.4 Å². The van der Waals surface area contributed by atoms with Gasteiger partial charge in [0.05, 0.1) is 12.8 Å². The molecule has 1 aromatic carbocycles. The largest absolute Gasteiger partial charge is 0.505 e. The highest BCUT2D eigenvalue weighted by Gasteiger charge is 2.27. The molecular weight excluding hydrogens is 282 g/mol. The highest BCUT2D eigenvalue weighted by molar-refractivity contribution is 6.21. The number of rotatable bonds is 5. The third kappa shape index (κ3) is 3.25. The van der Waals surface area contributed by atoms with E-state index in [0.29, 0.717) is 18.0 Å². The van der Waals surface area contributed by atoms with Crippen LogP contribution in [0.3, 0.4) is 0 Å². The normalized spacial score (nSPS) is 15.7. The predicted octanol–water partition coefficient (Wildman–Crippen LogP) is 3.05. The van der Waals surface area contributed by atoms with Crippen molar-refractivity contribution in [2.75, 3.05) is 13.7 Å². The SMILES string of the molecule is C=CCOc1ccc(/C=C2/N=C(C)C(C(=O)OC)=C2O)cc1. The van der Waals surface area contributed by atoms with Gasteiger partial charge in [-0.3, -0.25) is 0 Å². The molecule has 0 saturated heterocycles. The fraction of sp³-hybridized carbons (Fsp3) is 0.176. The molecule has 0 aliphatic carbocycles. The fourth-order valence-corrected chi connectivity index (χ4v) is 2.01. The van der Waals surface area contributed by atoms with Crippen LogP contribution in [0.15, 0.2) is 58.9 Å². The van der Waals surface area contributed by atoms with Gasteiger partial charge in [0, 0.05) is 0 Å². The Morgan fingerprint density at radius 3 is 2.64 bits per heavy atom. The molecule has 5 nitrogen and oxygen atoms in total. The van der Waals surface area contributed by atoms with Crippen LogP contribution >= 0.6 is 0 Å². The van der Waals surface area contributed by atoms with Gasteiger partial charge in [-0.2, -0.15) is 0 Å². The van der Waals surface area contributed by atoms with E-state index in [9.17, 15) is 9.90 Å². The van der Waals surface area contributed by atoms with Gasteiger partial charge in [-0.15, -0.1) is 0 Å². The summed E-state index contributed by atoms with van der Waals surface area (Å²) < 4.78 is 10.0. The summed E-state index contributed by atoms with van der Waals surface area (Å²) in [5.74, 6) is -0.0465. The van der Waals surface area contributed by atoms with Crippen LogP contribution in [-0.4, -0.2) is 30.5 Å². The summed E-state index contributed by atoms with van der Waals surface area (Å²) >= 11 is 0. The number of nitrogens with zero attached hydrogens (tertiary/aromatic N) is 1. The molecule has 1 aliphatic heterocycles. The van der Waals surface area contributed by atoms with E-state index in [1.807, 2.05) is 24.3 Å². The van der Waals surface area contributed by atoms with Crippen molar-refractivity contribution >= 4 is 17.8 Å². The average molecular weight is 299 g/mol. The molecule has 0 radical (unpaired) electrons. The van der Waals surface area contributed by atoms with Gasteiger partial charge in [0.25, 0.3) is 0 Å². The summed E-state index contributed by atoms with van der Waals surface area (Å²) in [5.41, 5.74) is 1.69. The van der Waals surface area contributed by atoms with E-state index in [4.69, 9.17) is 4.74 Å². The maximum Gasteiger partial charge on any atom is 0.343 e. The maximum atomic E-state index is 11.6. The van der Waals surface area contributed by atoms with Crippen LogP contribution in [-0.2, 0) is 9.53 Å². The zero-order chi connectivity index (χ0) is 16.1. The lowest BCUT2D eigenvalue weighted by molar-refractivity contribution is -0.135. The summed E-state index contributed by atoms with van der Waals surface area (Å²) in [6.45, 7) is 5.67. The van der Waals surface area contributed by atoms with Crippen LogP contribution in [0.5, 0.6) is 5.75 Å². The Kier molecular flexibility index (Phi) is 4.78. The highest BCUT2D eigenvalue weighted by atomic mass is 16.5. The first-order valence-electron chi connectivity index (χ1n) is 6.70. The second kappa shape index (κ2) is 6.76. The van der Waals surface area contributed by atoms with Gasteiger partial charge in [0.1, 0.15) is 23.6 Å². The minimum atomic E-state index is -0.602. The van der Waals surface area contributed by atoms with Gasteiger partial charge in [0.2, 0.25) is 0 Å². The second-order valence-corrected chi connectivity index (χ2v) is 4.61. The van der Waals surface area contributed by atoms with Crippen molar-refractivity contribution in [2.24, 2.45) is 4.99 Å². The predicted molar refractivity (Wildman–Crippen MR) is 84.9 cm³/mol. The van der Waals surface area contributed by atoms with Crippen LogP contribution in [0.25, 0.3) is 6.08 Å². The van der Waals surface area contributed by atoms with Crippen molar-refractivity contribution in [3.05, 3.63) is 59.5 Å². The first kappa shape index (κ1) is 15.6. The number of methoxy groups -OCH3 is 1. The number of carbonyl (C=O) groups is 1. The Bertz CT molecular complexity index is 681. The van der Waals surface area contributed by atoms with Gasteiger partial charge in [-0.1, -0.05) is 24.8 Å². The Balaban J connectivity index is 2.25. The van der Waals surface area contributed by atoms with Gasteiger partial charge < -0.3 is 14.6 Å². The smallest absolute Gasteiger partial charge is 0.343 e. The number of aliphatic hydroxyl groups is 1. The summed E-state index contributed by atoms with van der Waals surface area (Å²) in [5, 5.41) is 10.1. The third-order valence-electron chi connectivity index (χ3n) is 3.07. The van der Waals surface area contributed by atoms with Crippen LogP contribution in [0.2, 0.25) is 0 Å². The van der Waals surface area contributed by atoms with Crippen molar-refractivity contribution in [2.45, 2.75) is 6.92 Å². The van der Waals surface area contributed by atoms with Crippen LogP contribution in [0, 0.1) is 0 Å². The molecule has 0 atom stereocenters. The van der Waals surface area contributed by atoms with Crippen molar-refractivity contribution in [1.82, 2.24) is 0 Å². The molecular formula is C17H17NO4. The van der Waals surface area contributed by atoms with Crippen molar-refractivity contribution in [1.29, 1.82) is 0 Å². The van der Waals surface area contributed by atoms with E-state index in [0.717, 1.165) is 11.3 Å². The molecule has 2 rings (SSSR count). The number of aliphatic imine (C=N–C) groups is 1. The number of benzene rings is 1. The molecule has 1 aliphatic rings. The second-order valence-electron chi connectivity index (χ2n) is 4.61. The molecule has 0 fully saturated rings. The lowest BCUT2D eigenvalue weighted by Gasteiger charge is -2.03. The molecule has 0 spiro atoms. The number of hydrogen-bond acceptors (Lipinski definition) is 5. The molecule has 0 amide bonds. The van der Waals surface area contributed by atoms with E-state index < -0.39 is 5.97 Å². The summed E-state index contributed by atoms with van der Waals surface area (Å²) in [4.78, 5) is 15.8. The minimum Gasteiger partial charge on any atom is -0.505 e. The zero-order valence-corrected chi connectivity index (χ0v) is 12.5. The average Bonchev–Trinajstić information content (AvgIpc) is 2.80. The monoisotopic (exact) mass is 299 g/mol. The van der Waals surface area contributed by atoms with Gasteiger partial charge in [-0.05, 0) is 30.7 Å². The minimum absolute atomic E-state index is 0.0969. The molecule has 0 bridgehead atoms. The lowest BCUT2D eigenvalue weighted by atomic mass is 10.1. The Morgan fingerprint density at radius 1 is 1.36 bits per heavy atom. The summed E-state index contributed by atoms with van der Waals surface area (Å²) in [6.07, 6.45) is 3.36. The van der Waals surface area contributed by atoms with Crippen LogP contribution < -0.4 is 4.74 Å². The molecule has 1 aromatic rings. The Hall–Kier alpha value is -2.82. The molecule has 1 heterocycles. The topological polar surface area (TPSA) is 68.1 Å². The molecule has 1 N–H and O–H groups in total. The number of hydrogen-bond donors (Lipinski definition) is 1. The van der Waals surface area contributed by atoms with E-state index in [1.165, 1.54) is 7.11 Å². The van der Waals surface area contributed by atoms with E-state index in [2.05, 4.69) is 16.3 Å². The number of carbonyl (C=O) groups excluding carboxylic acids is 1. The quantitative estimate of drug-likeness (QED) is 0.670. The molecule has 0 saturated carbocycles. The zero-order valence-electron chi connectivity index (χ0n) is 12.5. The van der Waals surface area contributed by atoms with Gasteiger partial charge >= 0.3 is 5.97 Å². The molecule has 5 heteroatoms. The lowest BCUT2D eigenvalue weighted by Crippen LogP contribution is -2.11. The highest BCUT2D eigenvalue weighted by Crippen LogP contribution is 2.26. The maximum absolute atomic E-state index is 11.6. The number of esters is 1. The van der Waals surface area contributed by atoms with E-state index in [1.54, 1.807) is 19.1 Å². The molecule has 114 valence electrons. The Morgan fingerprint density at radius 2 is 2.05 bits per heavy atom. The van der Waals surface area contributed by atoms with E-state index >= 15 is 0 Å². The molecule has 22 heavy (non-hydrogen) atoms. The van der Waals surface area contributed by atoms with Crippen molar-refractivity contribution in [3.63, 3.8) is 0 Å². The molecule has 0 aromatic heterocycles. The van der Waals surface area contributed by atoms with Gasteiger partial charge in [-0.25, -0.2) is 9.79 Å². The van der Waals surface area contributed by atoms with E-state index in [-0.39, 0.29) is 11.3 Å². The summed E-state index contributed by atoms with van der Waals surface area (Å²) in [6, 6.07) is 7.28. The molecule has 0 unspecified atom stereocenters.